The second-order valence-corrected chi connectivity index (χ2v) is 9.87. The van der Waals surface area contributed by atoms with Crippen molar-refractivity contribution in [3.05, 3.63) is 69.2 Å². The monoisotopic (exact) mass is 489 g/mol. The minimum absolute atomic E-state index is 0.233. The van der Waals surface area contributed by atoms with Gasteiger partial charge in [0, 0.05) is 18.5 Å². The van der Waals surface area contributed by atoms with E-state index in [1.807, 2.05) is 13.0 Å². The van der Waals surface area contributed by atoms with E-state index in [1.165, 1.54) is 11.6 Å². The van der Waals surface area contributed by atoms with E-state index in [1.54, 1.807) is 19.2 Å². The van der Waals surface area contributed by atoms with E-state index in [-0.39, 0.29) is 11.5 Å². The van der Waals surface area contributed by atoms with Crippen LogP contribution in [0.3, 0.4) is 0 Å². The van der Waals surface area contributed by atoms with E-state index in [4.69, 9.17) is 37.4 Å². The number of carbonyl (C=O) groups is 1. The molecule has 2 aromatic carbocycles. The number of nitrogens with zero attached hydrogens (tertiary/aromatic N) is 1. The van der Waals surface area contributed by atoms with Crippen LogP contribution in [0.2, 0.25) is 10.0 Å². The highest BCUT2D eigenvalue weighted by molar-refractivity contribution is 6.42. The smallest absolute Gasteiger partial charge is 0.338 e. The third kappa shape index (κ3) is 4.23. The fraction of sp³-hybridized carbons (Fsp3) is 0.423. The molecule has 33 heavy (non-hydrogen) atoms. The average molecular weight is 490 g/mol. The van der Waals surface area contributed by atoms with Gasteiger partial charge in [-0.1, -0.05) is 41.4 Å². The SMILES string of the molecule is C=C(C)[C@@]12CCN(C)Cc3ccc(OC)c(c31)O[C@H]2C[C@H](C)OC(=O)c1ccc(Cl)c(Cl)c1. The van der Waals surface area contributed by atoms with Crippen LogP contribution in [0.15, 0.2) is 42.5 Å². The van der Waals surface area contributed by atoms with E-state index in [0.29, 0.717) is 27.8 Å². The third-order valence-corrected chi connectivity index (χ3v) is 7.52. The Hall–Kier alpha value is -2.21. The van der Waals surface area contributed by atoms with Gasteiger partial charge in [-0.05, 0) is 63.7 Å². The van der Waals surface area contributed by atoms with Gasteiger partial charge in [0.1, 0.15) is 12.2 Å². The van der Waals surface area contributed by atoms with Crippen LogP contribution in [0.4, 0.5) is 0 Å². The van der Waals surface area contributed by atoms with Crippen LogP contribution in [-0.4, -0.2) is 43.8 Å². The molecule has 3 atom stereocenters. The number of rotatable bonds is 6. The van der Waals surface area contributed by atoms with Crippen LogP contribution < -0.4 is 9.47 Å². The number of ether oxygens (including phenoxy) is 3. The molecule has 2 aliphatic rings. The fourth-order valence-corrected chi connectivity index (χ4v) is 5.40. The van der Waals surface area contributed by atoms with Crippen molar-refractivity contribution in [3.63, 3.8) is 0 Å². The number of hydrogen-bond donors (Lipinski definition) is 0. The van der Waals surface area contributed by atoms with Gasteiger partial charge in [0.15, 0.2) is 11.5 Å². The quantitative estimate of drug-likeness (QED) is 0.365. The van der Waals surface area contributed by atoms with Gasteiger partial charge in [-0.25, -0.2) is 4.79 Å². The summed E-state index contributed by atoms with van der Waals surface area (Å²) in [6, 6.07) is 8.81. The topological polar surface area (TPSA) is 48.0 Å². The molecule has 0 spiro atoms. The van der Waals surface area contributed by atoms with Crippen molar-refractivity contribution in [3.8, 4) is 11.5 Å². The largest absolute Gasteiger partial charge is 0.493 e. The van der Waals surface area contributed by atoms with Crippen LogP contribution in [0.25, 0.3) is 0 Å². The lowest BCUT2D eigenvalue weighted by Gasteiger charge is -2.36. The van der Waals surface area contributed by atoms with Gasteiger partial charge in [0.25, 0.3) is 0 Å². The molecule has 0 saturated heterocycles. The molecule has 2 heterocycles. The molecule has 5 nitrogen and oxygen atoms in total. The van der Waals surface area contributed by atoms with Crippen LogP contribution >= 0.6 is 23.2 Å². The van der Waals surface area contributed by atoms with Crippen molar-refractivity contribution in [2.24, 2.45) is 0 Å². The van der Waals surface area contributed by atoms with Crippen molar-refractivity contribution < 1.29 is 19.0 Å². The highest BCUT2D eigenvalue weighted by atomic mass is 35.5. The number of carbonyl (C=O) groups excluding carboxylic acids is 1. The molecular formula is C26H29Cl2NO4. The van der Waals surface area contributed by atoms with Crippen molar-refractivity contribution in [1.82, 2.24) is 4.90 Å². The summed E-state index contributed by atoms with van der Waals surface area (Å²) in [4.78, 5) is 15.0. The highest BCUT2D eigenvalue weighted by Gasteiger charge is 2.53. The first-order chi connectivity index (χ1) is 15.7. The maximum Gasteiger partial charge on any atom is 0.338 e. The second kappa shape index (κ2) is 9.21. The van der Waals surface area contributed by atoms with Gasteiger partial charge < -0.3 is 19.1 Å². The summed E-state index contributed by atoms with van der Waals surface area (Å²) < 4.78 is 18.0. The Morgan fingerprint density at radius 1 is 1.30 bits per heavy atom. The maximum atomic E-state index is 12.7. The van der Waals surface area contributed by atoms with Crippen LogP contribution in [-0.2, 0) is 16.7 Å². The molecular weight excluding hydrogens is 461 g/mol. The summed E-state index contributed by atoms with van der Waals surface area (Å²) in [6.45, 7) is 10.1. The first kappa shape index (κ1) is 23.9. The summed E-state index contributed by atoms with van der Waals surface area (Å²) in [7, 11) is 3.78. The molecule has 7 heteroatoms. The number of esters is 1. The number of halogens is 2. The van der Waals surface area contributed by atoms with E-state index in [0.717, 1.165) is 36.4 Å². The van der Waals surface area contributed by atoms with Crippen LogP contribution in [0, 0.1) is 0 Å². The molecule has 0 saturated carbocycles. The Kier molecular flexibility index (Phi) is 6.68. The number of methoxy groups -OCH3 is 1. The highest BCUT2D eigenvalue weighted by Crippen LogP contribution is 2.56. The van der Waals surface area contributed by atoms with Crippen molar-refractivity contribution >= 4 is 29.2 Å². The lowest BCUT2D eigenvalue weighted by molar-refractivity contribution is 0.0180. The van der Waals surface area contributed by atoms with Gasteiger partial charge in [0.2, 0.25) is 0 Å². The van der Waals surface area contributed by atoms with Gasteiger partial charge in [-0.3, -0.25) is 0 Å². The van der Waals surface area contributed by atoms with Crippen molar-refractivity contribution in [2.45, 2.75) is 50.9 Å². The summed E-state index contributed by atoms with van der Waals surface area (Å²) in [5, 5.41) is 0.710. The molecule has 0 unspecified atom stereocenters. The van der Waals surface area contributed by atoms with E-state index in [9.17, 15) is 4.79 Å². The Labute approximate surface area is 205 Å². The molecule has 2 aromatic rings. The van der Waals surface area contributed by atoms with E-state index in [2.05, 4.69) is 31.5 Å². The summed E-state index contributed by atoms with van der Waals surface area (Å²) in [5.41, 5.74) is 3.40. The van der Waals surface area contributed by atoms with Crippen molar-refractivity contribution in [1.29, 1.82) is 0 Å². The fourth-order valence-electron chi connectivity index (χ4n) is 5.10. The predicted molar refractivity (Wildman–Crippen MR) is 131 cm³/mol. The summed E-state index contributed by atoms with van der Waals surface area (Å²) in [6.07, 6.45) is 0.756. The summed E-state index contributed by atoms with van der Waals surface area (Å²) in [5.74, 6) is 1.05. The maximum absolute atomic E-state index is 12.7. The molecule has 0 radical (unpaired) electrons. The molecule has 0 bridgehead atoms. The van der Waals surface area contributed by atoms with Gasteiger partial charge >= 0.3 is 5.97 Å². The Morgan fingerprint density at radius 2 is 2.06 bits per heavy atom. The zero-order chi connectivity index (χ0) is 23.9. The minimum atomic E-state index is -0.445. The molecule has 0 amide bonds. The number of hydrogen-bond acceptors (Lipinski definition) is 5. The molecule has 2 aliphatic heterocycles. The van der Waals surface area contributed by atoms with E-state index < -0.39 is 12.1 Å². The van der Waals surface area contributed by atoms with Gasteiger partial charge in [-0.2, -0.15) is 0 Å². The Bertz CT molecular complexity index is 1100. The zero-order valence-electron chi connectivity index (χ0n) is 19.4. The molecule has 0 aromatic heterocycles. The molecule has 4 rings (SSSR count). The standard InChI is InChI=1S/C26H29Cl2NO4/c1-15(2)26-10-11-29(4)14-18-7-9-21(31-5)24(23(18)26)33-22(26)12-16(3)32-25(30)17-6-8-19(27)20(28)13-17/h6-9,13,16,22H,1,10-12,14H2,2-5H3/t16-,22-,26+/m0/s1. The van der Waals surface area contributed by atoms with Crippen LogP contribution in [0.1, 0.15) is 48.2 Å². The van der Waals surface area contributed by atoms with Gasteiger partial charge in [0.05, 0.1) is 28.1 Å². The molecule has 0 aliphatic carbocycles. The first-order valence-corrected chi connectivity index (χ1v) is 11.8. The second-order valence-electron chi connectivity index (χ2n) is 9.06. The van der Waals surface area contributed by atoms with Crippen LogP contribution in [0.5, 0.6) is 11.5 Å². The lowest BCUT2D eigenvalue weighted by atomic mass is 9.67. The summed E-state index contributed by atoms with van der Waals surface area (Å²) >= 11 is 12.0. The van der Waals surface area contributed by atoms with Crippen molar-refractivity contribution in [2.75, 3.05) is 20.7 Å². The number of benzene rings is 2. The Morgan fingerprint density at radius 3 is 2.73 bits per heavy atom. The molecule has 176 valence electrons. The zero-order valence-corrected chi connectivity index (χ0v) is 20.9. The normalized spacial score (nSPS) is 22.7. The minimum Gasteiger partial charge on any atom is -0.493 e. The van der Waals surface area contributed by atoms with Gasteiger partial charge in [-0.15, -0.1) is 0 Å². The predicted octanol–water partition coefficient (Wildman–Crippen LogP) is 6.05. The third-order valence-electron chi connectivity index (χ3n) is 6.78. The Balaban J connectivity index is 1.63. The molecule has 0 N–H and O–H groups in total. The first-order valence-electron chi connectivity index (χ1n) is 11.0. The lowest BCUT2D eigenvalue weighted by Crippen LogP contribution is -2.42. The average Bonchev–Trinajstić information content (AvgIpc) is 3.00. The molecule has 0 fully saturated rings. The van der Waals surface area contributed by atoms with E-state index >= 15 is 0 Å².